The molecule has 2 aliphatic rings. The van der Waals surface area contributed by atoms with Crippen molar-refractivity contribution in [1.82, 2.24) is 0 Å². The topological polar surface area (TPSA) is 26.0 Å². The molecule has 2 heteroatoms. The summed E-state index contributed by atoms with van der Waals surface area (Å²) in [6, 6.07) is 4.91. The molecule has 2 saturated heterocycles. The largest absolute Gasteiger partial charge is 0.330 e. The van der Waals surface area contributed by atoms with E-state index in [-0.39, 0.29) is 8.07 Å². The lowest BCUT2D eigenvalue weighted by Crippen LogP contribution is -2.05. The SMILES string of the molecule is NCCC[Si]12CC1C2. The van der Waals surface area contributed by atoms with E-state index in [1.54, 1.807) is 18.1 Å². The van der Waals surface area contributed by atoms with Gasteiger partial charge in [0, 0.05) is 0 Å². The van der Waals surface area contributed by atoms with Gasteiger partial charge in [0.25, 0.3) is 0 Å². The highest BCUT2D eigenvalue weighted by Crippen LogP contribution is 2.74. The molecule has 2 N–H and O–H groups in total. The second-order valence-corrected chi connectivity index (χ2v) is 8.22. The average Bonchev–Trinajstić information content (AvgIpc) is 2.45. The minimum Gasteiger partial charge on any atom is -0.330 e. The molecule has 2 heterocycles. The molecule has 1 nitrogen and oxygen atoms in total. The van der Waals surface area contributed by atoms with Crippen LogP contribution in [0.15, 0.2) is 0 Å². The molecule has 8 heavy (non-hydrogen) atoms. The molecule has 2 fully saturated rings. The molecule has 0 bridgehead atoms. The number of nitrogens with two attached hydrogens (primary N) is 1. The summed E-state index contributed by atoms with van der Waals surface area (Å²) < 4.78 is 0. The van der Waals surface area contributed by atoms with Crippen LogP contribution in [-0.4, -0.2) is 14.6 Å². The van der Waals surface area contributed by atoms with Crippen molar-refractivity contribution in [2.45, 2.75) is 30.1 Å². The van der Waals surface area contributed by atoms with Crippen molar-refractivity contribution in [3.05, 3.63) is 0 Å². The van der Waals surface area contributed by atoms with Crippen molar-refractivity contribution in [3.63, 3.8) is 0 Å². The van der Waals surface area contributed by atoms with Crippen molar-refractivity contribution in [2.24, 2.45) is 5.73 Å². The van der Waals surface area contributed by atoms with Gasteiger partial charge in [-0.3, -0.25) is 0 Å². The summed E-state index contributed by atoms with van der Waals surface area (Å²) >= 11 is 0. The van der Waals surface area contributed by atoms with Crippen LogP contribution >= 0.6 is 0 Å². The summed E-state index contributed by atoms with van der Waals surface area (Å²) in [5, 5.41) is 0. The molecule has 2 aliphatic heterocycles. The second-order valence-electron chi connectivity index (χ2n) is 3.36. The quantitative estimate of drug-likeness (QED) is 0.566. The summed E-state index contributed by atoms with van der Waals surface area (Å²) in [7, 11) is -0.342. The average molecular weight is 127 g/mol. The first-order valence-corrected chi connectivity index (χ1v) is 6.27. The standard InChI is InChI=1S/C6H13NSi/c7-2-1-3-8-4-6(8)5-8/h6H,1-5,7H2. The third-order valence-corrected chi connectivity index (χ3v) is 7.78. The maximum Gasteiger partial charge on any atom is 0.0561 e. The second kappa shape index (κ2) is 1.36. The molecule has 46 valence electrons. The molecule has 0 aliphatic carbocycles. The van der Waals surface area contributed by atoms with Gasteiger partial charge in [0.2, 0.25) is 0 Å². The van der Waals surface area contributed by atoms with Gasteiger partial charge in [0.1, 0.15) is 0 Å². The van der Waals surface area contributed by atoms with E-state index in [0.29, 0.717) is 0 Å². The van der Waals surface area contributed by atoms with Gasteiger partial charge in [-0.2, -0.15) is 0 Å². The molecule has 0 atom stereocenters. The van der Waals surface area contributed by atoms with Crippen molar-refractivity contribution < 1.29 is 0 Å². The van der Waals surface area contributed by atoms with E-state index in [2.05, 4.69) is 0 Å². The summed E-state index contributed by atoms with van der Waals surface area (Å²) in [4.78, 5) is 0. The third-order valence-electron chi connectivity index (χ3n) is 2.73. The summed E-state index contributed by atoms with van der Waals surface area (Å²) in [5.74, 6) is 0. The molecule has 0 aromatic rings. The van der Waals surface area contributed by atoms with Crippen LogP contribution in [0.5, 0.6) is 0 Å². The van der Waals surface area contributed by atoms with Gasteiger partial charge in [-0.1, -0.05) is 18.1 Å². The minimum atomic E-state index is -0.342. The maximum absolute atomic E-state index is 5.40. The molecule has 0 aromatic heterocycles. The van der Waals surface area contributed by atoms with Crippen LogP contribution in [0, 0.1) is 0 Å². The van der Waals surface area contributed by atoms with E-state index < -0.39 is 0 Å². The number of hydrogen-bond donors (Lipinski definition) is 1. The Labute approximate surface area is 51.3 Å². The Morgan fingerprint density at radius 1 is 1.50 bits per heavy atom. The zero-order valence-corrected chi connectivity index (χ0v) is 6.19. The van der Waals surface area contributed by atoms with Crippen LogP contribution < -0.4 is 5.73 Å². The van der Waals surface area contributed by atoms with Crippen molar-refractivity contribution in [1.29, 1.82) is 0 Å². The Bertz CT molecular complexity index is 107. The Hall–Kier alpha value is 0.177. The van der Waals surface area contributed by atoms with E-state index in [1.807, 2.05) is 0 Å². The number of fused-ring (bicyclic) bond motifs is 1. The van der Waals surface area contributed by atoms with Gasteiger partial charge >= 0.3 is 0 Å². The fourth-order valence-corrected chi connectivity index (χ4v) is 6.73. The summed E-state index contributed by atoms with van der Waals surface area (Å²) in [6.45, 7) is 0.932. The van der Waals surface area contributed by atoms with Gasteiger partial charge in [-0.15, -0.1) is 0 Å². The van der Waals surface area contributed by atoms with E-state index >= 15 is 0 Å². The zero-order chi connectivity index (χ0) is 5.61. The lowest BCUT2D eigenvalue weighted by Gasteiger charge is -1.96. The summed E-state index contributed by atoms with van der Waals surface area (Å²) in [5.41, 5.74) is 6.70. The smallest absolute Gasteiger partial charge is 0.0561 e. The van der Waals surface area contributed by atoms with E-state index in [9.17, 15) is 0 Å². The number of rotatable bonds is 3. The molecular formula is C6H13NSi. The lowest BCUT2D eigenvalue weighted by molar-refractivity contribution is 0.920. The van der Waals surface area contributed by atoms with Gasteiger partial charge in [-0.05, 0) is 18.5 Å². The van der Waals surface area contributed by atoms with Gasteiger partial charge in [0.05, 0.1) is 8.07 Å². The van der Waals surface area contributed by atoms with Gasteiger partial charge in [0.15, 0.2) is 0 Å². The Balaban J connectivity index is 1.70. The first-order valence-electron chi connectivity index (χ1n) is 3.57. The maximum atomic E-state index is 5.40. The highest BCUT2D eigenvalue weighted by atomic mass is 28.3. The minimum absolute atomic E-state index is 0.342. The number of hydrogen-bond acceptors (Lipinski definition) is 1. The Kier molecular flexibility index (Phi) is 0.852. The molecular weight excluding hydrogens is 114 g/mol. The molecule has 0 amide bonds. The van der Waals surface area contributed by atoms with Crippen LogP contribution in [0.1, 0.15) is 6.42 Å². The molecule has 0 spiro atoms. The van der Waals surface area contributed by atoms with Crippen LogP contribution in [0.4, 0.5) is 0 Å². The lowest BCUT2D eigenvalue weighted by atomic mass is 10.5. The Morgan fingerprint density at radius 3 is 2.50 bits per heavy atom. The predicted molar refractivity (Wildman–Crippen MR) is 37.6 cm³/mol. The fourth-order valence-electron chi connectivity index (χ4n) is 1.67. The van der Waals surface area contributed by atoms with Crippen LogP contribution in [-0.2, 0) is 0 Å². The first kappa shape index (κ1) is 5.00. The van der Waals surface area contributed by atoms with E-state index in [0.717, 1.165) is 6.54 Å². The van der Waals surface area contributed by atoms with Crippen molar-refractivity contribution in [2.75, 3.05) is 6.54 Å². The van der Waals surface area contributed by atoms with Gasteiger partial charge < -0.3 is 5.73 Å². The highest BCUT2D eigenvalue weighted by molar-refractivity contribution is 7.02. The third kappa shape index (κ3) is 0.561. The predicted octanol–water partition coefficient (Wildman–Crippen LogP) is 1.18. The molecule has 0 radical (unpaired) electrons. The van der Waals surface area contributed by atoms with Crippen LogP contribution in [0.3, 0.4) is 0 Å². The van der Waals surface area contributed by atoms with Crippen LogP contribution in [0.2, 0.25) is 23.7 Å². The molecule has 0 unspecified atom stereocenters. The Morgan fingerprint density at radius 2 is 2.12 bits per heavy atom. The fraction of sp³-hybridized carbons (Fsp3) is 1.00. The zero-order valence-electron chi connectivity index (χ0n) is 5.19. The normalized spacial score (nSPS) is 48.4. The van der Waals surface area contributed by atoms with Crippen molar-refractivity contribution >= 4 is 8.07 Å². The summed E-state index contributed by atoms with van der Waals surface area (Å²) in [6.07, 6.45) is 1.32. The monoisotopic (exact) mass is 127 g/mol. The van der Waals surface area contributed by atoms with Crippen molar-refractivity contribution in [3.8, 4) is 0 Å². The molecule has 0 aromatic carbocycles. The van der Waals surface area contributed by atoms with E-state index in [1.165, 1.54) is 12.0 Å². The van der Waals surface area contributed by atoms with Crippen LogP contribution in [0.25, 0.3) is 0 Å². The van der Waals surface area contributed by atoms with E-state index in [4.69, 9.17) is 5.73 Å². The highest BCUT2D eigenvalue weighted by Gasteiger charge is 2.70. The molecule has 0 saturated carbocycles. The van der Waals surface area contributed by atoms with Gasteiger partial charge in [-0.25, -0.2) is 0 Å². The molecule has 2 rings (SSSR count). The first-order chi connectivity index (χ1) is 3.87.